The fourth-order valence-corrected chi connectivity index (χ4v) is 1.82. The minimum absolute atomic E-state index is 0.192. The molecule has 2 heterocycles. The Morgan fingerprint density at radius 2 is 2.31 bits per heavy atom. The summed E-state index contributed by atoms with van der Waals surface area (Å²) in [5, 5.41) is 1.93. The first-order chi connectivity index (χ1) is 7.79. The SMILES string of the molecule is NCc1ccc(C(=O)OCc2cccs2)o1. The van der Waals surface area contributed by atoms with Crippen LogP contribution in [0.15, 0.2) is 34.1 Å². The zero-order valence-corrected chi connectivity index (χ0v) is 9.33. The monoisotopic (exact) mass is 237 g/mol. The van der Waals surface area contributed by atoms with E-state index in [1.54, 1.807) is 23.5 Å². The van der Waals surface area contributed by atoms with E-state index >= 15 is 0 Å². The van der Waals surface area contributed by atoms with Gasteiger partial charge in [-0.3, -0.25) is 0 Å². The van der Waals surface area contributed by atoms with Crippen LogP contribution in [0, 0.1) is 0 Å². The van der Waals surface area contributed by atoms with Crippen molar-refractivity contribution in [1.29, 1.82) is 0 Å². The number of carbonyl (C=O) groups excluding carboxylic acids is 1. The van der Waals surface area contributed by atoms with E-state index in [0.29, 0.717) is 5.76 Å². The molecule has 0 saturated heterocycles. The van der Waals surface area contributed by atoms with E-state index in [-0.39, 0.29) is 18.9 Å². The Kier molecular flexibility index (Phi) is 3.38. The second kappa shape index (κ2) is 4.96. The fraction of sp³-hybridized carbons (Fsp3) is 0.182. The molecule has 2 aromatic heterocycles. The molecule has 0 spiro atoms. The summed E-state index contributed by atoms with van der Waals surface area (Å²) >= 11 is 1.54. The maximum atomic E-state index is 11.5. The molecule has 84 valence electrons. The molecule has 16 heavy (non-hydrogen) atoms. The molecule has 0 aliphatic carbocycles. The van der Waals surface area contributed by atoms with E-state index in [1.165, 1.54) is 0 Å². The minimum Gasteiger partial charge on any atom is -0.454 e. The van der Waals surface area contributed by atoms with Gasteiger partial charge in [-0.2, -0.15) is 0 Å². The minimum atomic E-state index is -0.465. The number of thiophene rings is 1. The topological polar surface area (TPSA) is 65.5 Å². The molecule has 0 radical (unpaired) electrons. The zero-order valence-electron chi connectivity index (χ0n) is 8.51. The quantitative estimate of drug-likeness (QED) is 0.827. The maximum Gasteiger partial charge on any atom is 0.374 e. The molecule has 2 rings (SSSR count). The van der Waals surface area contributed by atoms with Crippen LogP contribution in [-0.2, 0) is 17.9 Å². The first-order valence-electron chi connectivity index (χ1n) is 4.78. The summed E-state index contributed by atoms with van der Waals surface area (Å²) in [5.74, 6) is 0.299. The zero-order chi connectivity index (χ0) is 11.4. The number of hydrogen-bond donors (Lipinski definition) is 1. The lowest BCUT2D eigenvalue weighted by atomic mass is 10.4. The van der Waals surface area contributed by atoms with Crippen LogP contribution >= 0.6 is 11.3 Å². The van der Waals surface area contributed by atoms with Crippen molar-refractivity contribution < 1.29 is 13.9 Å². The lowest BCUT2D eigenvalue weighted by Gasteiger charge is -1.99. The molecule has 4 nitrogen and oxygen atoms in total. The van der Waals surface area contributed by atoms with Crippen LogP contribution in [0.25, 0.3) is 0 Å². The number of esters is 1. The van der Waals surface area contributed by atoms with Gasteiger partial charge < -0.3 is 14.9 Å². The highest BCUT2D eigenvalue weighted by Crippen LogP contribution is 2.13. The number of rotatable bonds is 4. The number of carbonyl (C=O) groups is 1. The van der Waals surface area contributed by atoms with Crippen molar-refractivity contribution in [3.05, 3.63) is 46.0 Å². The van der Waals surface area contributed by atoms with Crippen LogP contribution in [0.1, 0.15) is 21.2 Å². The first-order valence-corrected chi connectivity index (χ1v) is 5.66. The average Bonchev–Trinajstić information content (AvgIpc) is 2.96. The van der Waals surface area contributed by atoms with E-state index in [1.807, 2.05) is 17.5 Å². The molecule has 0 saturated carbocycles. The number of nitrogens with two attached hydrogens (primary N) is 1. The molecule has 0 aromatic carbocycles. The van der Waals surface area contributed by atoms with E-state index in [0.717, 1.165) is 4.88 Å². The van der Waals surface area contributed by atoms with Crippen LogP contribution in [0.4, 0.5) is 0 Å². The normalized spacial score (nSPS) is 10.3. The van der Waals surface area contributed by atoms with Gasteiger partial charge in [0, 0.05) is 4.88 Å². The van der Waals surface area contributed by atoms with Crippen molar-refractivity contribution in [3.63, 3.8) is 0 Å². The molecule has 0 atom stereocenters. The van der Waals surface area contributed by atoms with E-state index in [2.05, 4.69) is 0 Å². The Labute approximate surface area is 96.6 Å². The van der Waals surface area contributed by atoms with Crippen molar-refractivity contribution in [2.45, 2.75) is 13.2 Å². The van der Waals surface area contributed by atoms with Crippen molar-refractivity contribution >= 4 is 17.3 Å². The number of ether oxygens (including phenoxy) is 1. The average molecular weight is 237 g/mol. The molecular weight excluding hydrogens is 226 g/mol. The highest BCUT2D eigenvalue weighted by atomic mass is 32.1. The fourth-order valence-electron chi connectivity index (χ4n) is 1.20. The molecule has 0 unspecified atom stereocenters. The smallest absolute Gasteiger partial charge is 0.374 e. The van der Waals surface area contributed by atoms with Crippen molar-refractivity contribution in [2.24, 2.45) is 5.73 Å². The molecule has 2 N–H and O–H groups in total. The highest BCUT2D eigenvalue weighted by molar-refractivity contribution is 7.09. The van der Waals surface area contributed by atoms with Gasteiger partial charge in [-0.25, -0.2) is 4.79 Å². The van der Waals surface area contributed by atoms with Gasteiger partial charge in [0.05, 0.1) is 6.54 Å². The lowest BCUT2D eigenvalue weighted by Crippen LogP contribution is -2.03. The molecule has 0 bridgehead atoms. The first kappa shape index (κ1) is 10.9. The third kappa shape index (κ3) is 2.50. The Bertz CT molecular complexity index is 461. The lowest BCUT2D eigenvalue weighted by molar-refractivity contribution is 0.0438. The maximum absolute atomic E-state index is 11.5. The summed E-state index contributed by atoms with van der Waals surface area (Å²) in [4.78, 5) is 12.5. The van der Waals surface area contributed by atoms with Gasteiger partial charge in [-0.05, 0) is 23.6 Å². The summed E-state index contributed by atoms with van der Waals surface area (Å²) < 4.78 is 10.2. The van der Waals surface area contributed by atoms with Crippen molar-refractivity contribution in [2.75, 3.05) is 0 Å². The molecule has 2 aromatic rings. The van der Waals surface area contributed by atoms with Crippen LogP contribution in [0.2, 0.25) is 0 Å². The van der Waals surface area contributed by atoms with E-state index in [4.69, 9.17) is 14.9 Å². The summed E-state index contributed by atoms with van der Waals surface area (Å²) in [6.45, 7) is 0.549. The highest BCUT2D eigenvalue weighted by Gasteiger charge is 2.12. The molecule has 0 aliphatic rings. The summed E-state index contributed by atoms with van der Waals surface area (Å²) in [6.07, 6.45) is 0. The Morgan fingerprint density at radius 3 is 2.94 bits per heavy atom. The Hall–Kier alpha value is -1.59. The third-order valence-electron chi connectivity index (χ3n) is 1.99. The van der Waals surface area contributed by atoms with Gasteiger partial charge in [0.2, 0.25) is 5.76 Å². The van der Waals surface area contributed by atoms with Crippen LogP contribution in [0.5, 0.6) is 0 Å². The Balaban J connectivity index is 1.93. The van der Waals surface area contributed by atoms with E-state index < -0.39 is 5.97 Å². The predicted octanol–water partition coefficient (Wildman–Crippen LogP) is 2.16. The standard InChI is InChI=1S/C11H11NO3S/c12-6-8-3-4-10(15-8)11(13)14-7-9-2-1-5-16-9/h1-5H,6-7,12H2. The van der Waals surface area contributed by atoms with Crippen LogP contribution < -0.4 is 5.73 Å². The second-order valence-corrected chi connectivity index (χ2v) is 4.16. The van der Waals surface area contributed by atoms with E-state index in [9.17, 15) is 4.79 Å². The molecule has 5 heteroatoms. The second-order valence-electron chi connectivity index (χ2n) is 3.13. The number of hydrogen-bond acceptors (Lipinski definition) is 5. The predicted molar refractivity (Wildman–Crippen MR) is 60.0 cm³/mol. The molecule has 0 fully saturated rings. The van der Waals surface area contributed by atoms with Gasteiger partial charge in [0.1, 0.15) is 12.4 Å². The van der Waals surface area contributed by atoms with Crippen molar-refractivity contribution in [3.8, 4) is 0 Å². The van der Waals surface area contributed by atoms with Gasteiger partial charge in [-0.15, -0.1) is 11.3 Å². The Morgan fingerprint density at radius 1 is 1.44 bits per heavy atom. The van der Waals surface area contributed by atoms with Gasteiger partial charge >= 0.3 is 5.97 Å². The van der Waals surface area contributed by atoms with Crippen LogP contribution in [-0.4, -0.2) is 5.97 Å². The molecular formula is C11H11NO3S. The summed E-state index contributed by atoms with van der Waals surface area (Å²) in [7, 11) is 0. The molecule has 0 amide bonds. The van der Waals surface area contributed by atoms with Gasteiger partial charge in [0.25, 0.3) is 0 Å². The van der Waals surface area contributed by atoms with Gasteiger partial charge in [0.15, 0.2) is 0 Å². The van der Waals surface area contributed by atoms with Crippen LogP contribution in [0.3, 0.4) is 0 Å². The third-order valence-corrected chi connectivity index (χ3v) is 2.84. The molecule has 0 aliphatic heterocycles. The van der Waals surface area contributed by atoms with Crippen molar-refractivity contribution in [1.82, 2.24) is 0 Å². The number of furan rings is 1. The summed E-state index contributed by atoms with van der Waals surface area (Å²) in [5.41, 5.74) is 5.37. The largest absolute Gasteiger partial charge is 0.454 e. The van der Waals surface area contributed by atoms with Gasteiger partial charge in [-0.1, -0.05) is 6.07 Å². The summed E-state index contributed by atoms with van der Waals surface area (Å²) in [6, 6.07) is 7.05.